The highest BCUT2D eigenvalue weighted by Crippen LogP contribution is 2.38. The largest absolute Gasteiger partial charge is 0.385 e. The normalized spacial score (nSPS) is 23.2. The Morgan fingerprint density at radius 3 is 2.53 bits per heavy atom. The number of hydrogen-bond donors (Lipinski definition) is 2. The molecule has 2 saturated heterocycles. The second-order valence-electron chi connectivity index (χ2n) is 13.0. The Bertz CT molecular complexity index is 1930. The molecule has 0 bridgehead atoms. The average molecular weight is 634 g/mol. The molecule has 4 aliphatic rings. The number of fused-ring (bicyclic) bond motifs is 2. The molecule has 13 heteroatoms. The van der Waals surface area contributed by atoms with E-state index < -0.39 is 29.7 Å². The maximum absolute atomic E-state index is 13.1. The van der Waals surface area contributed by atoms with Gasteiger partial charge in [0.05, 0.1) is 46.3 Å². The molecule has 2 aromatic carbocycles. The summed E-state index contributed by atoms with van der Waals surface area (Å²) in [6.45, 7) is 4.81. The number of carbonyl (C=O) groups is 4. The lowest BCUT2D eigenvalue weighted by Gasteiger charge is -2.35. The van der Waals surface area contributed by atoms with E-state index in [2.05, 4.69) is 49.7 Å². The van der Waals surface area contributed by atoms with Crippen LogP contribution in [-0.4, -0.2) is 99.0 Å². The maximum Gasteiger partial charge on any atom is 0.262 e. The van der Waals surface area contributed by atoms with E-state index in [0.717, 1.165) is 71.9 Å². The third-order valence-corrected chi connectivity index (χ3v) is 9.91. The van der Waals surface area contributed by atoms with Gasteiger partial charge in [-0.05, 0) is 68.6 Å². The van der Waals surface area contributed by atoms with Crippen molar-refractivity contribution in [3.63, 3.8) is 0 Å². The third kappa shape index (κ3) is 5.39. The molecule has 0 radical (unpaired) electrons. The fraction of sp³-hybridized carbons (Fsp3) is 0.382. The fourth-order valence-electron chi connectivity index (χ4n) is 7.00. The van der Waals surface area contributed by atoms with Gasteiger partial charge in [-0.3, -0.25) is 39.1 Å². The maximum atomic E-state index is 13.1. The summed E-state index contributed by atoms with van der Waals surface area (Å²) in [7, 11) is 2.16. The predicted molar refractivity (Wildman–Crippen MR) is 174 cm³/mol. The number of anilines is 2. The number of likely N-dealkylation sites (N-methyl/N-ethyl adjacent to an activating group) is 1. The van der Waals surface area contributed by atoms with E-state index in [9.17, 15) is 19.2 Å². The SMILES string of the molecule is CN1CCN(c2ccc3ncc(-c4cnn([C@H]5C[C@H](CNc6ccc7c(c6)C(=O)N(C6CCC(=O)NC6=O)C7=O)C5)c4)nc3c2)CC1. The molecule has 2 aromatic heterocycles. The van der Waals surface area contributed by atoms with Gasteiger partial charge < -0.3 is 15.1 Å². The Balaban J connectivity index is 0.876. The molecule has 47 heavy (non-hydrogen) atoms. The van der Waals surface area contributed by atoms with Crippen LogP contribution in [0.5, 0.6) is 0 Å². The summed E-state index contributed by atoms with van der Waals surface area (Å²) in [4.78, 5) is 65.3. The van der Waals surface area contributed by atoms with Crippen LogP contribution in [0.1, 0.15) is 52.4 Å². The number of rotatable bonds is 7. The van der Waals surface area contributed by atoms with Crippen molar-refractivity contribution in [1.82, 2.24) is 34.9 Å². The highest BCUT2D eigenvalue weighted by atomic mass is 16.2. The molecule has 1 aliphatic carbocycles. The molecule has 1 atom stereocenters. The number of hydrogen-bond acceptors (Lipinski definition) is 10. The van der Waals surface area contributed by atoms with Crippen LogP contribution in [0.15, 0.2) is 55.0 Å². The van der Waals surface area contributed by atoms with Crippen LogP contribution >= 0.6 is 0 Å². The predicted octanol–water partition coefficient (Wildman–Crippen LogP) is 2.71. The Hall–Kier alpha value is -5.17. The minimum atomic E-state index is -0.973. The number of benzene rings is 2. The highest BCUT2D eigenvalue weighted by molar-refractivity contribution is 6.23. The monoisotopic (exact) mass is 633 g/mol. The molecule has 3 fully saturated rings. The molecular formula is C34H35N9O4. The van der Waals surface area contributed by atoms with Crippen molar-refractivity contribution in [3.05, 3.63) is 66.1 Å². The fourth-order valence-corrected chi connectivity index (χ4v) is 7.00. The number of piperazine rings is 1. The summed E-state index contributed by atoms with van der Waals surface area (Å²) in [5, 5.41) is 10.3. The molecule has 2 N–H and O–H groups in total. The van der Waals surface area contributed by atoms with Gasteiger partial charge in [-0.2, -0.15) is 5.10 Å². The van der Waals surface area contributed by atoms with Crippen molar-refractivity contribution in [2.75, 3.05) is 50.0 Å². The lowest BCUT2D eigenvalue weighted by atomic mass is 9.80. The average Bonchev–Trinajstić information content (AvgIpc) is 3.63. The van der Waals surface area contributed by atoms with Crippen LogP contribution in [-0.2, 0) is 9.59 Å². The summed E-state index contributed by atoms with van der Waals surface area (Å²) in [6, 6.07) is 10.7. The van der Waals surface area contributed by atoms with Gasteiger partial charge in [0.1, 0.15) is 6.04 Å². The van der Waals surface area contributed by atoms with Gasteiger partial charge >= 0.3 is 0 Å². The first-order valence-electron chi connectivity index (χ1n) is 16.1. The van der Waals surface area contributed by atoms with Gasteiger partial charge in [0.2, 0.25) is 11.8 Å². The standard InChI is InChI=1S/C34H35N9O4/c1-40-8-10-41(11-9-40)23-3-5-27-28(15-23)38-29(18-36-27)21-17-37-42(19-21)24-12-20(13-24)16-35-22-2-4-25-26(14-22)34(47)43(33(25)46)30-6-7-31(44)39-32(30)45/h2-5,14-15,17-20,24,30,35H,6-13,16H2,1H3,(H,39,44,45)/t20-,24-,30?. The van der Waals surface area contributed by atoms with E-state index in [1.165, 1.54) is 5.69 Å². The number of aromatic nitrogens is 4. The zero-order chi connectivity index (χ0) is 32.2. The topological polar surface area (TPSA) is 146 Å². The Kier molecular flexibility index (Phi) is 7.20. The van der Waals surface area contributed by atoms with Crippen LogP contribution in [0.2, 0.25) is 0 Å². The van der Waals surface area contributed by atoms with Gasteiger partial charge in [-0.15, -0.1) is 0 Å². The van der Waals surface area contributed by atoms with Gasteiger partial charge in [0, 0.05) is 62.3 Å². The van der Waals surface area contributed by atoms with Gasteiger partial charge in [-0.25, -0.2) is 4.98 Å². The van der Waals surface area contributed by atoms with Crippen LogP contribution < -0.4 is 15.5 Å². The summed E-state index contributed by atoms with van der Waals surface area (Å²) < 4.78 is 2.02. The number of nitrogens with one attached hydrogen (secondary N) is 2. The first kappa shape index (κ1) is 29.2. The van der Waals surface area contributed by atoms with Gasteiger partial charge in [-0.1, -0.05) is 0 Å². The first-order valence-corrected chi connectivity index (χ1v) is 16.1. The highest BCUT2D eigenvalue weighted by Gasteiger charge is 2.44. The van der Waals surface area contributed by atoms with Crippen molar-refractivity contribution in [2.24, 2.45) is 5.92 Å². The number of piperidine rings is 1. The number of amides is 4. The molecule has 3 aliphatic heterocycles. The van der Waals surface area contributed by atoms with E-state index in [4.69, 9.17) is 4.98 Å². The first-order chi connectivity index (χ1) is 22.8. The zero-order valence-corrected chi connectivity index (χ0v) is 26.1. The Morgan fingerprint density at radius 1 is 0.915 bits per heavy atom. The lowest BCUT2D eigenvalue weighted by Crippen LogP contribution is -2.54. The number of imide groups is 2. The summed E-state index contributed by atoms with van der Waals surface area (Å²) in [5.74, 6) is -1.59. The molecule has 8 rings (SSSR count). The molecule has 4 aromatic rings. The second-order valence-corrected chi connectivity index (χ2v) is 13.0. The van der Waals surface area contributed by atoms with E-state index in [-0.39, 0.29) is 30.0 Å². The Labute approximate surface area is 270 Å². The molecule has 1 saturated carbocycles. The van der Waals surface area contributed by atoms with E-state index >= 15 is 0 Å². The summed E-state index contributed by atoms with van der Waals surface area (Å²) in [5.41, 5.74) is 5.96. The second kappa shape index (κ2) is 11.6. The smallest absolute Gasteiger partial charge is 0.262 e. The van der Waals surface area contributed by atoms with E-state index in [0.29, 0.717) is 12.5 Å². The van der Waals surface area contributed by atoms with Crippen LogP contribution in [0.3, 0.4) is 0 Å². The van der Waals surface area contributed by atoms with E-state index in [1.807, 2.05) is 29.3 Å². The summed E-state index contributed by atoms with van der Waals surface area (Å²) in [6.07, 6.45) is 7.85. The van der Waals surface area contributed by atoms with Crippen LogP contribution in [0.4, 0.5) is 11.4 Å². The zero-order valence-electron chi connectivity index (χ0n) is 26.1. The molecule has 0 spiro atoms. The molecule has 1 unspecified atom stereocenters. The molecular weight excluding hydrogens is 598 g/mol. The van der Waals surface area contributed by atoms with Crippen molar-refractivity contribution in [3.8, 4) is 11.3 Å². The lowest BCUT2D eigenvalue weighted by molar-refractivity contribution is -0.136. The van der Waals surface area contributed by atoms with Gasteiger partial charge in [0.25, 0.3) is 11.8 Å². The van der Waals surface area contributed by atoms with Crippen molar-refractivity contribution >= 4 is 46.0 Å². The molecule has 5 heterocycles. The van der Waals surface area contributed by atoms with Crippen molar-refractivity contribution in [1.29, 1.82) is 0 Å². The minimum Gasteiger partial charge on any atom is -0.385 e. The van der Waals surface area contributed by atoms with Crippen LogP contribution in [0, 0.1) is 5.92 Å². The quantitative estimate of drug-likeness (QED) is 0.292. The number of carbonyl (C=O) groups excluding carboxylic acids is 4. The summed E-state index contributed by atoms with van der Waals surface area (Å²) >= 11 is 0. The van der Waals surface area contributed by atoms with Crippen molar-refractivity contribution < 1.29 is 19.2 Å². The molecule has 240 valence electrons. The minimum absolute atomic E-state index is 0.0918. The Morgan fingerprint density at radius 2 is 1.72 bits per heavy atom. The van der Waals surface area contributed by atoms with E-state index in [1.54, 1.807) is 18.2 Å². The molecule has 13 nitrogen and oxygen atoms in total. The van der Waals surface area contributed by atoms with Crippen LogP contribution in [0.25, 0.3) is 22.3 Å². The number of nitrogens with zero attached hydrogens (tertiary/aromatic N) is 7. The van der Waals surface area contributed by atoms with Crippen molar-refractivity contribution in [2.45, 2.75) is 37.8 Å². The van der Waals surface area contributed by atoms with Gasteiger partial charge in [0.15, 0.2) is 0 Å². The third-order valence-electron chi connectivity index (χ3n) is 9.91. The molecule has 4 amide bonds.